The van der Waals surface area contributed by atoms with Gasteiger partial charge >= 0.3 is 0 Å². The molecule has 1 fully saturated rings. The molecule has 1 aromatic heterocycles. The van der Waals surface area contributed by atoms with Crippen molar-refractivity contribution < 1.29 is 9.59 Å². The maximum atomic E-state index is 12.9. The molecule has 1 atom stereocenters. The summed E-state index contributed by atoms with van der Waals surface area (Å²) in [6.45, 7) is 2.58. The summed E-state index contributed by atoms with van der Waals surface area (Å²) in [6.07, 6.45) is 5.33. The van der Waals surface area contributed by atoms with Crippen LogP contribution in [0.2, 0.25) is 0 Å². The molecule has 7 heteroatoms. The Bertz CT molecular complexity index is 825. The summed E-state index contributed by atoms with van der Waals surface area (Å²) in [5.41, 5.74) is 7.62. The first kappa shape index (κ1) is 21.0. The molecule has 1 aromatic carbocycles. The average molecular weight is 398 g/mol. The van der Waals surface area contributed by atoms with Crippen molar-refractivity contribution in [2.75, 3.05) is 13.6 Å². The van der Waals surface area contributed by atoms with E-state index in [4.69, 9.17) is 5.73 Å². The van der Waals surface area contributed by atoms with Gasteiger partial charge in [0.05, 0.1) is 6.04 Å². The molecule has 1 heterocycles. The molecule has 1 aliphatic carbocycles. The molecule has 2 aromatic rings. The zero-order chi connectivity index (χ0) is 20.8. The molecule has 2 amide bonds. The average Bonchev–Trinajstić information content (AvgIpc) is 3.20. The van der Waals surface area contributed by atoms with E-state index >= 15 is 0 Å². The fraction of sp³-hybridized carbons (Fsp3) is 0.500. The van der Waals surface area contributed by atoms with Crippen LogP contribution in [0, 0.1) is 5.92 Å². The molecule has 1 saturated carbocycles. The van der Waals surface area contributed by atoms with E-state index in [9.17, 15) is 9.59 Å². The molecular formula is C22H31N5O2. The second kappa shape index (κ2) is 9.69. The van der Waals surface area contributed by atoms with E-state index in [1.165, 1.54) is 0 Å². The Labute approximate surface area is 172 Å². The molecule has 3 rings (SSSR count). The smallest absolute Gasteiger partial charge is 0.271 e. The summed E-state index contributed by atoms with van der Waals surface area (Å²) in [5.74, 6) is 0.101. The van der Waals surface area contributed by atoms with E-state index in [1.807, 2.05) is 37.3 Å². The number of carbonyl (C=O) groups excluding carboxylic acids is 2. The summed E-state index contributed by atoms with van der Waals surface area (Å²) < 4.78 is 1.63. The van der Waals surface area contributed by atoms with Crippen LogP contribution in [0.25, 0.3) is 0 Å². The van der Waals surface area contributed by atoms with Gasteiger partial charge in [0, 0.05) is 25.7 Å². The van der Waals surface area contributed by atoms with Gasteiger partial charge in [-0.15, -0.1) is 0 Å². The predicted octanol–water partition coefficient (Wildman–Crippen LogP) is 2.49. The number of carbonyl (C=O) groups is 2. The highest BCUT2D eigenvalue weighted by Gasteiger charge is 2.23. The second-order valence-corrected chi connectivity index (χ2v) is 7.85. The lowest BCUT2D eigenvalue weighted by Crippen LogP contribution is -2.31. The highest BCUT2D eigenvalue weighted by atomic mass is 16.2. The van der Waals surface area contributed by atoms with Crippen LogP contribution in [0.3, 0.4) is 0 Å². The van der Waals surface area contributed by atoms with Gasteiger partial charge < -0.3 is 16.4 Å². The highest BCUT2D eigenvalue weighted by molar-refractivity contribution is 5.97. The largest absolute Gasteiger partial charge is 0.354 e. The second-order valence-electron chi connectivity index (χ2n) is 7.85. The van der Waals surface area contributed by atoms with Gasteiger partial charge in [0.15, 0.2) is 5.69 Å². The number of nitrogens with one attached hydrogen (secondary N) is 2. The van der Waals surface area contributed by atoms with E-state index in [1.54, 1.807) is 17.8 Å². The van der Waals surface area contributed by atoms with Crippen LogP contribution in [0.15, 0.2) is 36.4 Å². The van der Waals surface area contributed by atoms with Crippen molar-refractivity contribution >= 4 is 11.8 Å². The quantitative estimate of drug-likeness (QED) is 0.668. The maximum absolute atomic E-state index is 12.9. The van der Waals surface area contributed by atoms with Gasteiger partial charge in [-0.2, -0.15) is 5.10 Å². The summed E-state index contributed by atoms with van der Waals surface area (Å²) >= 11 is 0. The summed E-state index contributed by atoms with van der Waals surface area (Å²) in [6, 6.07) is 11.5. The number of rotatable bonds is 7. The third kappa shape index (κ3) is 5.23. The van der Waals surface area contributed by atoms with Crippen molar-refractivity contribution in [3.05, 3.63) is 53.3 Å². The number of benzene rings is 1. The highest BCUT2D eigenvalue weighted by Crippen LogP contribution is 2.25. The molecule has 7 nitrogen and oxygen atoms in total. The monoisotopic (exact) mass is 397 g/mol. The van der Waals surface area contributed by atoms with Crippen LogP contribution in [-0.2, 0) is 0 Å². The van der Waals surface area contributed by atoms with Gasteiger partial charge in [0.1, 0.15) is 5.69 Å². The van der Waals surface area contributed by atoms with Gasteiger partial charge in [-0.3, -0.25) is 14.3 Å². The fourth-order valence-electron chi connectivity index (χ4n) is 3.93. The molecule has 0 unspecified atom stereocenters. The van der Waals surface area contributed by atoms with Gasteiger partial charge in [-0.25, -0.2) is 0 Å². The molecule has 1 aliphatic rings. The summed E-state index contributed by atoms with van der Waals surface area (Å²) in [4.78, 5) is 25.0. The van der Waals surface area contributed by atoms with Crippen molar-refractivity contribution in [1.29, 1.82) is 0 Å². The molecule has 29 heavy (non-hydrogen) atoms. The van der Waals surface area contributed by atoms with Crippen molar-refractivity contribution in [1.82, 2.24) is 20.4 Å². The number of nitrogens with two attached hydrogens (primary N) is 1. The normalized spacial score (nSPS) is 20.1. The Hall–Kier alpha value is -2.67. The van der Waals surface area contributed by atoms with Gasteiger partial charge in [0.2, 0.25) is 0 Å². The minimum atomic E-state index is -0.309. The van der Waals surface area contributed by atoms with Crippen LogP contribution in [0.4, 0.5) is 0 Å². The first-order valence-electron chi connectivity index (χ1n) is 10.4. The molecule has 0 bridgehead atoms. The van der Waals surface area contributed by atoms with Gasteiger partial charge in [-0.05, 0) is 50.5 Å². The maximum Gasteiger partial charge on any atom is 0.271 e. The van der Waals surface area contributed by atoms with E-state index in [0.717, 1.165) is 37.7 Å². The van der Waals surface area contributed by atoms with Crippen LogP contribution < -0.4 is 16.4 Å². The molecule has 156 valence electrons. The van der Waals surface area contributed by atoms with E-state index in [0.29, 0.717) is 24.2 Å². The summed E-state index contributed by atoms with van der Waals surface area (Å²) in [7, 11) is 1.55. The van der Waals surface area contributed by atoms with Crippen molar-refractivity contribution in [3.63, 3.8) is 0 Å². The Kier molecular flexibility index (Phi) is 7.04. The molecular weight excluding hydrogens is 366 g/mol. The zero-order valence-corrected chi connectivity index (χ0v) is 17.2. The van der Waals surface area contributed by atoms with Crippen LogP contribution in [0.1, 0.15) is 71.6 Å². The Morgan fingerprint density at radius 3 is 2.52 bits per heavy atom. The lowest BCUT2D eigenvalue weighted by atomic mass is 9.84. The molecule has 4 N–H and O–H groups in total. The Balaban J connectivity index is 1.71. The number of aromatic nitrogens is 2. The predicted molar refractivity (Wildman–Crippen MR) is 113 cm³/mol. The van der Waals surface area contributed by atoms with Crippen molar-refractivity contribution in [3.8, 4) is 0 Å². The van der Waals surface area contributed by atoms with Crippen molar-refractivity contribution in [2.45, 2.75) is 51.1 Å². The van der Waals surface area contributed by atoms with Gasteiger partial charge in [0.25, 0.3) is 11.8 Å². The minimum Gasteiger partial charge on any atom is -0.354 e. The van der Waals surface area contributed by atoms with Gasteiger partial charge in [-0.1, -0.05) is 30.3 Å². The fourth-order valence-corrected chi connectivity index (χ4v) is 3.93. The van der Waals surface area contributed by atoms with E-state index in [2.05, 4.69) is 15.7 Å². The van der Waals surface area contributed by atoms with E-state index < -0.39 is 0 Å². The topological polar surface area (TPSA) is 102 Å². The number of nitrogens with zero attached hydrogens (tertiary/aromatic N) is 2. The van der Waals surface area contributed by atoms with Crippen LogP contribution >= 0.6 is 0 Å². The third-order valence-corrected chi connectivity index (χ3v) is 5.81. The zero-order valence-electron chi connectivity index (χ0n) is 17.2. The Morgan fingerprint density at radius 2 is 1.86 bits per heavy atom. The first-order chi connectivity index (χ1) is 14.0. The number of hydrogen-bond acceptors (Lipinski definition) is 4. The summed E-state index contributed by atoms with van der Waals surface area (Å²) in [5, 5.41) is 10.00. The molecule has 0 aliphatic heterocycles. The minimum absolute atomic E-state index is 0.171. The molecule has 0 radical (unpaired) electrons. The number of hydrogen-bond donors (Lipinski definition) is 3. The van der Waals surface area contributed by atoms with Crippen molar-refractivity contribution in [2.24, 2.45) is 11.7 Å². The number of amides is 2. The first-order valence-corrected chi connectivity index (χ1v) is 10.4. The SMILES string of the molecule is CNC(=O)c1cc(C(=O)NCCC2CCC(N)CC2)n([C@@H](C)c2ccccc2)n1. The Morgan fingerprint density at radius 1 is 1.17 bits per heavy atom. The van der Waals surface area contributed by atoms with Crippen LogP contribution in [0.5, 0.6) is 0 Å². The lowest BCUT2D eigenvalue weighted by molar-refractivity contribution is 0.0935. The van der Waals surface area contributed by atoms with Crippen LogP contribution in [-0.4, -0.2) is 41.2 Å². The molecule has 0 spiro atoms. The standard InChI is InChI=1S/C22H31N5O2/c1-15(17-6-4-3-5-7-17)27-20(14-19(26-27)21(28)24-2)22(29)25-13-12-16-8-10-18(23)11-9-16/h3-7,14-16,18H,8-13,23H2,1-2H3,(H,24,28)(H,25,29)/t15-,16?,18?/m0/s1. The third-order valence-electron chi connectivity index (χ3n) is 5.81. The lowest BCUT2D eigenvalue weighted by Gasteiger charge is -2.26. The molecule has 0 saturated heterocycles. The van der Waals surface area contributed by atoms with E-state index in [-0.39, 0.29) is 23.6 Å².